The Balaban J connectivity index is 1.47. The van der Waals surface area contributed by atoms with E-state index >= 15 is 0 Å². The summed E-state index contributed by atoms with van der Waals surface area (Å²) in [5.74, 6) is 1.74. The molecule has 0 spiro atoms. The molecule has 1 fully saturated rings. The number of para-hydroxylation sites is 1. The standard InChI is InChI=1S/C23H29NO4/c1-3-17(2)21-8-4-5-9-22(21)28-16-23(25)24-18-10-12-19(13-11-18)27-15-20-7-6-14-26-20/h4-5,8-13,17,20H,3,6-7,14-16H2,1-2H3,(H,24,25)/t17-,20+/m1/s1. The van der Waals surface area contributed by atoms with Crippen LogP contribution in [-0.2, 0) is 9.53 Å². The molecule has 1 N–H and O–H groups in total. The highest BCUT2D eigenvalue weighted by atomic mass is 16.5. The van der Waals surface area contributed by atoms with Crippen LogP contribution in [0.5, 0.6) is 11.5 Å². The van der Waals surface area contributed by atoms with E-state index in [1.807, 2.05) is 42.5 Å². The van der Waals surface area contributed by atoms with E-state index in [9.17, 15) is 4.79 Å². The summed E-state index contributed by atoms with van der Waals surface area (Å²) in [6.45, 7) is 5.66. The van der Waals surface area contributed by atoms with Gasteiger partial charge in [0.1, 0.15) is 18.1 Å². The lowest BCUT2D eigenvalue weighted by Crippen LogP contribution is -2.20. The highest BCUT2D eigenvalue weighted by Gasteiger charge is 2.16. The first kappa shape index (κ1) is 20.2. The van der Waals surface area contributed by atoms with Gasteiger partial charge in [-0.1, -0.05) is 32.0 Å². The maximum absolute atomic E-state index is 12.2. The summed E-state index contributed by atoms with van der Waals surface area (Å²) in [6.07, 6.45) is 3.36. The molecule has 0 aromatic heterocycles. The summed E-state index contributed by atoms with van der Waals surface area (Å²) < 4.78 is 17.1. The van der Waals surface area contributed by atoms with Crippen LogP contribution < -0.4 is 14.8 Å². The van der Waals surface area contributed by atoms with Gasteiger partial charge in [-0.2, -0.15) is 0 Å². The van der Waals surface area contributed by atoms with E-state index in [2.05, 4.69) is 25.2 Å². The van der Waals surface area contributed by atoms with Crippen molar-refractivity contribution >= 4 is 11.6 Å². The van der Waals surface area contributed by atoms with Crippen LogP contribution in [0.3, 0.4) is 0 Å². The molecule has 2 aromatic carbocycles. The van der Waals surface area contributed by atoms with Gasteiger partial charge in [0.2, 0.25) is 0 Å². The average Bonchev–Trinajstić information content (AvgIpc) is 3.25. The van der Waals surface area contributed by atoms with E-state index in [-0.39, 0.29) is 18.6 Å². The van der Waals surface area contributed by atoms with E-state index in [1.165, 1.54) is 0 Å². The van der Waals surface area contributed by atoms with Gasteiger partial charge in [0.25, 0.3) is 5.91 Å². The van der Waals surface area contributed by atoms with E-state index in [1.54, 1.807) is 0 Å². The Bertz CT molecular complexity index is 753. The quantitative estimate of drug-likeness (QED) is 0.677. The summed E-state index contributed by atoms with van der Waals surface area (Å²) in [4.78, 5) is 12.2. The third-order valence-corrected chi connectivity index (χ3v) is 5.02. The number of carbonyl (C=O) groups excluding carboxylic acids is 1. The molecule has 0 unspecified atom stereocenters. The van der Waals surface area contributed by atoms with Crippen molar-refractivity contribution in [1.82, 2.24) is 0 Å². The van der Waals surface area contributed by atoms with E-state index < -0.39 is 0 Å². The SMILES string of the molecule is CC[C@@H](C)c1ccccc1OCC(=O)Nc1ccc(OC[C@@H]2CCCO2)cc1. The monoisotopic (exact) mass is 383 g/mol. The zero-order valence-electron chi connectivity index (χ0n) is 16.6. The van der Waals surface area contributed by atoms with Crippen molar-refractivity contribution in [3.8, 4) is 11.5 Å². The number of ether oxygens (including phenoxy) is 3. The zero-order chi connectivity index (χ0) is 19.8. The number of anilines is 1. The number of benzene rings is 2. The first-order valence-electron chi connectivity index (χ1n) is 10.0. The van der Waals surface area contributed by atoms with Gasteiger partial charge in [0, 0.05) is 12.3 Å². The number of rotatable bonds is 9. The second-order valence-corrected chi connectivity index (χ2v) is 7.15. The van der Waals surface area contributed by atoms with Gasteiger partial charge >= 0.3 is 0 Å². The Morgan fingerprint density at radius 1 is 1.18 bits per heavy atom. The molecule has 5 heteroatoms. The summed E-state index contributed by atoms with van der Waals surface area (Å²) in [6, 6.07) is 15.2. The lowest BCUT2D eigenvalue weighted by atomic mass is 9.98. The summed E-state index contributed by atoms with van der Waals surface area (Å²) >= 11 is 0. The van der Waals surface area contributed by atoms with Crippen molar-refractivity contribution in [1.29, 1.82) is 0 Å². The van der Waals surface area contributed by atoms with Crippen molar-refractivity contribution in [2.75, 3.05) is 25.1 Å². The van der Waals surface area contributed by atoms with Crippen LogP contribution in [0.1, 0.15) is 44.6 Å². The Kier molecular flexibility index (Phi) is 7.31. The van der Waals surface area contributed by atoms with Crippen molar-refractivity contribution in [2.45, 2.75) is 45.1 Å². The van der Waals surface area contributed by atoms with Gasteiger partial charge in [-0.05, 0) is 61.1 Å². The molecule has 1 heterocycles. The lowest BCUT2D eigenvalue weighted by Gasteiger charge is -2.15. The van der Waals surface area contributed by atoms with Crippen LogP contribution in [0.25, 0.3) is 0 Å². The van der Waals surface area contributed by atoms with Gasteiger partial charge in [-0.15, -0.1) is 0 Å². The Hall–Kier alpha value is -2.53. The Morgan fingerprint density at radius 2 is 1.96 bits per heavy atom. The van der Waals surface area contributed by atoms with Crippen LogP contribution in [0, 0.1) is 0 Å². The first-order chi connectivity index (χ1) is 13.7. The topological polar surface area (TPSA) is 56.8 Å². The molecule has 0 radical (unpaired) electrons. The normalized spacial score (nSPS) is 17.1. The molecule has 0 saturated carbocycles. The van der Waals surface area contributed by atoms with Crippen molar-refractivity contribution in [3.05, 3.63) is 54.1 Å². The fraction of sp³-hybridized carbons (Fsp3) is 0.435. The molecule has 1 saturated heterocycles. The second kappa shape index (κ2) is 10.1. The van der Waals surface area contributed by atoms with E-state index in [4.69, 9.17) is 14.2 Å². The predicted octanol–water partition coefficient (Wildman–Crippen LogP) is 4.78. The molecule has 0 bridgehead atoms. The molecular weight excluding hydrogens is 354 g/mol. The molecule has 1 amide bonds. The average molecular weight is 383 g/mol. The third-order valence-electron chi connectivity index (χ3n) is 5.02. The summed E-state index contributed by atoms with van der Waals surface area (Å²) in [7, 11) is 0. The molecule has 1 aliphatic rings. The molecule has 150 valence electrons. The van der Waals surface area contributed by atoms with Gasteiger partial charge < -0.3 is 19.5 Å². The minimum absolute atomic E-state index is 0.0231. The molecule has 5 nitrogen and oxygen atoms in total. The molecule has 28 heavy (non-hydrogen) atoms. The molecule has 3 rings (SSSR count). The van der Waals surface area contributed by atoms with Crippen molar-refractivity contribution < 1.29 is 19.0 Å². The number of carbonyl (C=O) groups is 1. The molecule has 0 aliphatic carbocycles. The van der Waals surface area contributed by atoms with Crippen LogP contribution in [-0.4, -0.2) is 31.8 Å². The minimum atomic E-state index is -0.188. The lowest BCUT2D eigenvalue weighted by molar-refractivity contribution is -0.118. The Morgan fingerprint density at radius 3 is 2.68 bits per heavy atom. The number of hydrogen-bond donors (Lipinski definition) is 1. The minimum Gasteiger partial charge on any atom is -0.491 e. The zero-order valence-corrected chi connectivity index (χ0v) is 16.6. The molecule has 2 aromatic rings. The molecular formula is C23H29NO4. The molecule has 2 atom stereocenters. The van der Waals surface area contributed by atoms with E-state index in [0.29, 0.717) is 18.2 Å². The van der Waals surface area contributed by atoms with Crippen molar-refractivity contribution in [2.24, 2.45) is 0 Å². The fourth-order valence-corrected chi connectivity index (χ4v) is 3.18. The van der Waals surface area contributed by atoms with Gasteiger partial charge in [0.15, 0.2) is 6.61 Å². The maximum Gasteiger partial charge on any atom is 0.262 e. The first-order valence-corrected chi connectivity index (χ1v) is 10.0. The number of amides is 1. The highest BCUT2D eigenvalue weighted by molar-refractivity contribution is 5.91. The summed E-state index contributed by atoms with van der Waals surface area (Å²) in [5.41, 5.74) is 1.85. The van der Waals surface area contributed by atoms with Crippen LogP contribution in [0.4, 0.5) is 5.69 Å². The Labute approximate surface area is 167 Å². The van der Waals surface area contributed by atoms with E-state index in [0.717, 1.165) is 42.9 Å². The number of nitrogens with one attached hydrogen (secondary N) is 1. The fourth-order valence-electron chi connectivity index (χ4n) is 3.18. The predicted molar refractivity (Wildman–Crippen MR) is 110 cm³/mol. The molecule has 1 aliphatic heterocycles. The summed E-state index contributed by atoms with van der Waals surface area (Å²) in [5, 5.41) is 2.86. The highest BCUT2D eigenvalue weighted by Crippen LogP contribution is 2.28. The smallest absolute Gasteiger partial charge is 0.262 e. The maximum atomic E-state index is 12.2. The van der Waals surface area contributed by atoms with Crippen molar-refractivity contribution in [3.63, 3.8) is 0 Å². The largest absolute Gasteiger partial charge is 0.491 e. The van der Waals surface area contributed by atoms with Gasteiger partial charge in [-0.25, -0.2) is 0 Å². The van der Waals surface area contributed by atoms with Crippen LogP contribution in [0.15, 0.2) is 48.5 Å². The van der Waals surface area contributed by atoms with Gasteiger partial charge in [-0.3, -0.25) is 4.79 Å². The third kappa shape index (κ3) is 5.73. The number of hydrogen-bond acceptors (Lipinski definition) is 4. The van der Waals surface area contributed by atoms with Gasteiger partial charge in [0.05, 0.1) is 6.10 Å². The van der Waals surface area contributed by atoms with Crippen LogP contribution in [0.2, 0.25) is 0 Å². The second-order valence-electron chi connectivity index (χ2n) is 7.15. The van der Waals surface area contributed by atoms with Crippen LogP contribution >= 0.6 is 0 Å².